The summed E-state index contributed by atoms with van der Waals surface area (Å²) in [5, 5.41) is 43.5. The lowest BCUT2D eigenvalue weighted by atomic mass is 9.54. The van der Waals surface area contributed by atoms with Crippen molar-refractivity contribution in [2.45, 2.75) is 68.9 Å². The van der Waals surface area contributed by atoms with E-state index in [1.165, 1.54) is 89.9 Å². The number of nitrogens with zero attached hydrogens (tertiary/aromatic N) is 8. The average molecular weight is 1880 g/mol. The summed E-state index contributed by atoms with van der Waals surface area (Å²) in [6.45, 7) is 7.91. The molecule has 0 aromatic heterocycles. The molecular weight excluding hydrogens is 1800 g/mol. The van der Waals surface area contributed by atoms with Gasteiger partial charge in [0.15, 0.2) is 16.6 Å². The molecule has 0 radical (unpaired) electrons. The summed E-state index contributed by atoms with van der Waals surface area (Å²) in [7, 11) is -5.31. The summed E-state index contributed by atoms with van der Waals surface area (Å²) in [4.78, 5) is 237. The standard InChI is InChI=1S/C97H82F6N8O22Si2/c1-134(2,35-7-33-104-79(116)63-51-23-24-52(64(63)80(104)117)68-67(51)83(120)106(84(68)121)43-15-19-49(20-16-43)132-50-21-17-44(18-22-50)107-85(122)69-55-27-28-56(70(69)86(107)123)72-71(55)87(124)108(88(72)125)45-9-5-11-47(112)39-45)133-135(3,4)36-8-34-105-81(118)65-53-25-26-54(66(65)82(105)119)76-75(53)91(128)110(92(76)129)59-31-13-41(37-61(59)114)95(96(98,99)100,97(101,102)103)42-14-32-60(62(115)38-42)111-93(130)77-57-29-30-58(78(77)94(111)131)74-73(57)89(126)109(90(74)127)46-10-6-12-48(113)40-46/h5-6,9-32,37-40,51-58,63-78,112-115H,7-8,33-36H2,1-4H3. The topological polar surface area (TPSA) is 398 Å². The molecule has 8 heterocycles. The highest BCUT2D eigenvalue weighted by Crippen LogP contribution is 2.66. The Morgan fingerprint density at radius 3 is 0.763 bits per heavy atom. The van der Waals surface area contributed by atoms with E-state index in [-0.39, 0.29) is 78.0 Å². The number of alkyl halides is 6. The number of phenolic OH excluding ortho intramolecular Hbond substituents is 4. The number of phenols is 4. The third kappa shape index (κ3) is 12.0. The van der Waals surface area contributed by atoms with Crippen molar-refractivity contribution in [3.8, 4) is 34.5 Å². The van der Waals surface area contributed by atoms with E-state index in [0.717, 1.165) is 24.5 Å². The number of allylic oxidation sites excluding steroid dienone is 8. The fourth-order valence-electron chi connectivity index (χ4n) is 26.7. The van der Waals surface area contributed by atoms with Crippen molar-refractivity contribution >= 4 is 145 Å². The van der Waals surface area contributed by atoms with Crippen molar-refractivity contribution in [3.05, 3.63) is 193 Å². The molecule has 692 valence electrons. The molecule has 8 bridgehead atoms. The number of halogens is 6. The van der Waals surface area contributed by atoms with Crippen LogP contribution in [-0.2, 0) is 86.2 Å². The van der Waals surface area contributed by atoms with Crippen LogP contribution in [0.4, 0.5) is 60.5 Å². The molecule has 30 nitrogen and oxygen atoms in total. The van der Waals surface area contributed by atoms with Crippen LogP contribution in [0.15, 0.2) is 182 Å². The Morgan fingerprint density at radius 2 is 0.526 bits per heavy atom. The zero-order valence-corrected chi connectivity index (χ0v) is 73.9. The fourth-order valence-corrected chi connectivity index (χ4v) is 35.6. The first-order valence-corrected chi connectivity index (χ1v) is 51.0. The highest BCUT2D eigenvalue weighted by molar-refractivity contribution is 6.84. The molecule has 38 heteroatoms. The first-order chi connectivity index (χ1) is 64.1. The molecular formula is C97H82F6N8O22Si2. The van der Waals surface area contributed by atoms with Gasteiger partial charge in [-0.05, 0) is 159 Å². The third-order valence-corrected chi connectivity index (χ3v) is 39.4. The number of anilines is 6. The molecule has 12 fully saturated rings. The predicted molar refractivity (Wildman–Crippen MR) is 462 cm³/mol. The van der Waals surface area contributed by atoms with E-state index in [0.29, 0.717) is 51.9 Å². The number of carbonyl (C=O) groups is 16. The zero-order valence-electron chi connectivity index (χ0n) is 71.9. The van der Waals surface area contributed by atoms with Crippen LogP contribution in [0.2, 0.25) is 38.3 Å². The summed E-state index contributed by atoms with van der Waals surface area (Å²) in [6, 6.07) is 26.1. The molecule has 20 aliphatic rings. The molecule has 24 unspecified atom stereocenters. The maximum atomic E-state index is 15.9. The van der Waals surface area contributed by atoms with E-state index < -0.39 is 305 Å². The molecule has 26 rings (SSSR count). The van der Waals surface area contributed by atoms with E-state index in [9.17, 15) is 97.1 Å². The predicted octanol–water partition coefficient (Wildman–Crippen LogP) is 10.1. The van der Waals surface area contributed by atoms with Crippen LogP contribution in [0.1, 0.15) is 24.0 Å². The van der Waals surface area contributed by atoms with Crippen LogP contribution in [0.25, 0.3) is 0 Å². The Bertz CT molecular complexity index is 6360. The smallest absolute Gasteiger partial charge is 0.411 e. The zero-order chi connectivity index (χ0) is 95.2. The molecule has 4 N–H and O–H groups in total. The van der Waals surface area contributed by atoms with Gasteiger partial charge in [-0.3, -0.25) is 96.3 Å². The summed E-state index contributed by atoms with van der Waals surface area (Å²) in [5.74, 6) is -38.2. The molecule has 12 aliphatic carbocycles. The van der Waals surface area contributed by atoms with Crippen LogP contribution in [0, 0.1) is 142 Å². The number of carbonyl (C=O) groups excluding carboxylic acids is 16. The number of ether oxygens (including phenoxy) is 1. The number of imide groups is 8. The average Bonchev–Trinajstić information content (AvgIpc) is 1.57. The lowest BCUT2D eigenvalue weighted by Gasteiger charge is -2.44. The van der Waals surface area contributed by atoms with Crippen LogP contribution in [-0.4, -0.2) is 167 Å². The number of amides is 16. The highest BCUT2D eigenvalue weighted by atomic mass is 28.4. The minimum Gasteiger partial charge on any atom is -0.508 e. The van der Waals surface area contributed by atoms with E-state index in [4.69, 9.17) is 8.85 Å². The third-order valence-electron chi connectivity index (χ3n) is 31.8. The molecule has 6 aromatic carbocycles. The molecule has 8 aliphatic heterocycles. The monoisotopic (exact) mass is 1880 g/mol. The summed E-state index contributed by atoms with van der Waals surface area (Å²) in [6.07, 6.45) is 0.950. The van der Waals surface area contributed by atoms with Crippen molar-refractivity contribution in [3.63, 3.8) is 0 Å². The maximum absolute atomic E-state index is 15.9. The lowest BCUT2D eigenvalue weighted by Crippen LogP contribution is -2.54. The number of benzene rings is 6. The van der Waals surface area contributed by atoms with Crippen molar-refractivity contribution in [2.75, 3.05) is 42.5 Å². The lowest BCUT2D eigenvalue weighted by molar-refractivity contribution is -0.288. The van der Waals surface area contributed by atoms with Crippen LogP contribution in [0.3, 0.4) is 0 Å². The van der Waals surface area contributed by atoms with Gasteiger partial charge in [0.25, 0.3) is 0 Å². The Labute approximate surface area is 764 Å². The highest BCUT2D eigenvalue weighted by Gasteiger charge is 2.77. The first-order valence-electron chi connectivity index (χ1n) is 44.8. The quantitative estimate of drug-likeness (QED) is 0.0239. The van der Waals surface area contributed by atoms with Crippen LogP contribution >= 0.6 is 0 Å². The Hall–Kier alpha value is -13.6. The van der Waals surface area contributed by atoms with E-state index >= 15 is 26.3 Å². The second-order valence-electron chi connectivity index (χ2n) is 39.4. The Kier molecular flexibility index (Phi) is 19.1. The van der Waals surface area contributed by atoms with Gasteiger partial charge in [0, 0.05) is 72.6 Å². The number of likely N-dealkylation sites (tertiary alicyclic amines) is 2. The number of rotatable bonds is 20. The molecule has 135 heavy (non-hydrogen) atoms. The largest absolute Gasteiger partial charge is 0.508 e. The summed E-state index contributed by atoms with van der Waals surface area (Å²) >= 11 is 0. The minimum absolute atomic E-state index is 0.0226. The molecule has 8 saturated heterocycles. The first kappa shape index (κ1) is 86.8. The van der Waals surface area contributed by atoms with Gasteiger partial charge < -0.3 is 29.3 Å². The van der Waals surface area contributed by atoms with Crippen molar-refractivity contribution in [1.29, 1.82) is 0 Å². The molecule has 4 saturated carbocycles. The van der Waals surface area contributed by atoms with Gasteiger partial charge in [-0.2, -0.15) is 26.3 Å². The second kappa shape index (κ2) is 29.7. The summed E-state index contributed by atoms with van der Waals surface area (Å²) < 4.78 is 108. The van der Waals surface area contributed by atoms with Crippen molar-refractivity contribution in [1.82, 2.24) is 9.80 Å². The number of hydrogen-bond acceptors (Lipinski definition) is 22. The summed E-state index contributed by atoms with van der Waals surface area (Å²) in [5.41, 5.74) is -9.52. The van der Waals surface area contributed by atoms with E-state index in [1.807, 2.05) is 26.2 Å². The molecule has 0 spiro atoms. The van der Waals surface area contributed by atoms with Crippen molar-refractivity contribution < 1.29 is 132 Å². The van der Waals surface area contributed by atoms with Gasteiger partial charge in [-0.1, -0.05) is 72.9 Å². The molecule has 24 atom stereocenters. The molecule has 16 amide bonds. The molecule has 6 aromatic rings. The van der Waals surface area contributed by atoms with Gasteiger partial charge in [0.1, 0.15) is 34.5 Å². The van der Waals surface area contributed by atoms with Gasteiger partial charge >= 0.3 is 12.4 Å². The fraction of sp³-hybridized carbons (Fsp3) is 0.381. The van der Waals surface area contributed by atoms with Crippen molar-refractivity contribution in [2.24, 2.45) is 142 Å². The second-order valence-corrected chi connectivity index (χ2v) is 48.3. The normalized spacial score (nSPS) is 32.7. The number of aromatic hydroxyl groups is 4. The van der Waals surface area contributed by atoms with Gasteiger partial charge in [0.2, 0.25) is 99.9 Å². The van der Waals surface area contributed by atoms with Gasteiger partial charge in [-0.15, -0.1) is 0 Å². The Morgan fingerprint density at radius 1 is 0.289 bits per heavy atom. The van der Waals surface area contributed by atoms with Crippen LogP contribution < -0.4 is 34.1 Å². The Balaban J connectivity index is 0.409. The van der Waals surface area contributed by atoms with Gasteiger partial charge in [-0.25, -0.2) is 19.6 Å². The van der Waals surface area contributed by atoms with E-state index in [2.05, 4.69) is 0 Å². The van der Waals surface area contributed by atoms with Gasteiger partial charge in [0.05, 0.1) is 129 Å². The van der Waals surface area contributed by atoms with E-state index in [1.54, 1.807) is 60.7 Å². The SMILES string of the molecule is C[Si](C)(CCCN1C(=O)C2C3C=CC(C2C1=O)C1C(=O)N(c2ccc(Oc4ccc(N5C(=O)C6C7C=CC(C6C5=O)C5C(=O)N(c6cccc(O)c6)C(=O)C75)cc4)cc2)C(=O)C31)O[Si](C)(C)CCCN1C(=O)C2C3C=CC(C2C1=O)C1C(=O)N(c2ccc(C(c4ccc(N5C(=O)C6C7C=CC(C8C(=O)N(c9cccc(O)c9)C(=O)C78)C6C5=O)c(O)c4)(C(F)(F)F)C(F)(F)F)cc2O)C(=O)C31. The maximum Gasteiger partial charge on any atom is 0.411 e. The number of hydrogen-bond donors (Lipinski definition) is 4. The minimum atomic E-state index is -6.39. The van der Waals surface area contributed by atoms with Crippen LogP contribution in [0.5, 0.6) is 34.5 Å².